The molecule has 0 atom stereocenters. The summed E-state index contributed by atoms with van der Waals surface area (Å²) in [6.45, 7) is 0. The van der Waals surface area contributed by atoms with E-state index in [0.29, 0.717) is 4.47 Å². The molecule has 8 heteroatoms. The molecule has 0 spiro atoms. The molecule has 0 amide bonds. The number of alkyl halides is 3. The van der Waals surface area contributed by atoms with Crippen LogP contribution in [-0.2, 0) is 6.18 Å². The van der Waals surface area contributed by atoms with Crippen molar-refractivity contribution >= 4 is 15.9 Å². The molecule has 0 aromatic carbocycles. The molecule has 0 N–H and O–H groups in total. The van der Waals surface area contributed by atoms with Crippen molar-refractivity contribution in [3.8, 4) is 5.82 Å². The third kappa shape index (κ3) is 2.21. The van der Waals surface area contributed by atoms with Crippen molar-refractivity contribution in [3.05, 3.63) is 34.7 Å². The molecule has 0 aliphatic rings. The number of hydrogen-bond donors (Lipinski definition) is 0. The van der Waals surface area contributed by atoms with Gasteiger partial charge in [0.15, 0.2) is 11.5 Å². The number of aromatic nitrogens is 4. The van der Waals surface area contributed by atoms with Gasteiger partial charge < -0.3 is 0 Å². The van der Waals surface area contributed by atoms with Gasteiger partial charge in [0, 0.05) is 6.20 Å². The lowest BCUT2D eigenvalue weighted by molar-refractivity contribution is -0.141. The molecule has 0 bridgehead atoms. The van der Waals surface area contributed by atoms with Gasteiger partial charge in [-0.3, -0.25) is 0 Å². The minimum Gasteiger partial charge on any atom is -0.220 e. The summed E-state index contributed by atoms with van der Waals surface area (Å²) in [5.41, 5.74) is -1.03. The molecule has 2 heterocycles. The summed E-state index contributed by atoms with van der Waals surface area (Å²) in [5, 5.41) is 10.4. The molecule has 2 rings (SSSR count). The second kappa shape index (κ2) is 3.85. The predicted molar refractivity (Wildman–Crippen MR) is 51.9 cm³/mol. The SMILES string of the molecule is FC(F)(F)c1ccc(-n2cc(Br)cn2)nn1. The molecule has 0 unspecified atom stereocenters. The van der Waals surface area contributed by atoms with Crippen LogP contribution >= 0.6 is 15.9 Å². The van der Waals surface area contributed by atoms with Gasteiger partial charge in [-0.15, -0.1) is 10.2 Å². The van der Waals surface area contributed by atoms with Gasteiger partial charge in [-0.2, -0.15) is 18.3 Å². The smallest absolute Gasteiger partial charge is 0.220 e. The third-order valence-electron chi connectivity index (χ3n) is 1.73. The zero-order valence-corrected chi connectivity index (χ0v) is 9.20. The van der Waals surface area contributed by atoms with E-state index in [9.17, 15) is 13.2 Å². The molecule has 0 radical (unpaired) electrons. The van der Waals surface area contributed by atoms with Crippen molar-refractivity contribution < 1.29 is 13.2 Å². The van der Waals surface area contributed by atoms with Crippen molar-refractivity contribution in [2.75, 3.05) is 0 Å². The molecule has 16 heavy (non-hydrogen) atoms. The minimum absolute atomic E-state index is 0.221. The van der Waals surface area contributed by atoms with E-state index < -0.39 is 11.9 Å². The van der Waals surface area contributed by atoms with Crippen LogP contribution in [0, 0.1) is 0 Å². The monoisotopic (exact) mass is 292 g/mol. The van der Waals surface area contributed by atoms with E-state index in [-0.39, 0.29) is 5.82 Å². The Morgan fingerprint density at radius 3 is 2.38 bits per heavy atom. The van der Waals surface area contributed by atoms with Crippen LogP contribution in [0.3, 0.4) is 0 Å². The van der Waals surface area contributed by atoms with E-state index >= 15 is 0 Å². The second-order valence-corrected chi connectivity index (χ2v) is 3.79. The molecule has 0 aliphatic heterocycles. The zero-order chi connectivity index (χ0) is 11.8. The zero-order valence-electron chi connectivity index (χ0n) is 7.61. The fourth-order valence-electron chi connectivity index (χ4n) is 1.02. The van der Waals surface area contributed by atoms with Gasteiger partial charge in [0.1, 0.15) is 0 Å². The van der Waals surface area contributed by atoms with Crippen LogP contribution in [0.15, 0.2) is 29.0 Å². The maximum absolute atomic E-state index is 12.2. The second-order valence-electron chi connectivity index (χ2n) is 2.88. The average molecular weight is 293 g/mol. The van der Waals surface area contributed by atoms with Gasteiger partial charge in [-0.05, 0) is 28.1 Å². The standard InChI is InChI=1S/C8H4BrF3N4/c9-5-3-13-16(4-5)7-2-1-6(14-15-7)8(10,11)12/h1-4H. The Hall–Kier alpha value is -1.44. The first-order valence-electron chi connectivity index (χ1n) is 4.08. The van der Waals surface area contributed by atoms with E-state index in [1.807, 2.05) is 0 Å². The van der Waals surface area contributed by atoms with Crippen molar-refractivity contribution in [1.82, 2.24) is 20.0 Å². The van der Waals surface area contributed by atoms with Crippen LogP contribution in [0.4, 0.5) is 13.2 Å². The first kappa shape index (κ1) is 11.1. The highest BCUT2D eigenvalue weighted by Gasteiger charge is 2.32. The number of hydrogen-bond acceptors (Lipinski definition) is 3. The van der Waals surface area contributed by atoms with Gasteiger partial charge in [-0.25, -0.2) is 4.68 Å². The fourth-order valence-corrected chi connectivity index (χ4v) is 1.31. The highest BCUT2D eigenvalue weighted by Crippen LogP contribution is 2.26. The predicted octanol–water partition coefficient (Wildman–Crippen LogP) is 2.44. The quantitative estimate of drug-likeness (QED) is 0.811. The fraction of sp³-hybridized carbons (Fsp3) is 0.125. The summed E-state index contributed by atoms with van der Waals surface area (Å²) in [7, 11) is 0. The molecule has 0 saturated carbocycles. The molecule has 2 aromatic heterocycles. The summed E-state index contributed by atoms with van der Waals surface area (Å²) in [4.78, 5) is 0. The van der Waals surface area contributed by atoms with Crippen LogP contribution in [0.1, 0.15) is 5.69 Å². The molecule has 4 nitrogen and oxygen atoms in total. The summed E-state index contributed by atoms with van der Waals surface area (Å²) >= 11 is 3.16. The first-order valence-corrected chi connectivity index (χ1v) is 4.87. The molecule has 0 saturated heterocycles. The normalized spacial score (nSPS) is 11.8. The van der Waals surface area contributed by atoms with Gasteiger partial charge >= 0.3 is 6.18 Å². The minimum atomic E-state index is -4.48. The number of rotatable bonds is 1. The van der Waals surface area contributed by atoms with Crippen LogP contribution in [0.25, 0.3) is 5.82 Å². The van der Waals surface area contributed by atoms with Crippen LogP contribution in [0.5, 0.6) is 0 Å². The van der Waals surface area contributed by atoms with E-state index in [1.54, 1.807) is 6.20 Å². The Kier molecular flexibility index (Phi) is 2.66. The Labute approximate surface area is 96.2 Å². The maximum atomic E-state index is 12.2. The van der Waals surface area contributed by atoms with E-state index in [4.69, 9.17) is 0 Å². The Bertz CT molecular complexity index is 491. The lowest BCUT2D eigenvalue weighted by Gasteiger charge is -2.04. The van der Waals surface area contributed by atoms with Crippen molar-refractivity contribution in [2.24, 2.45) is 0 Å². The average Bonchev–Trinajstić information content (AvgIpc) is 2.64. The van der Waals surface area contributed by atoms with Crippen LogP contribution < -0.4 is 0 Å². The van der Waals surface area contributed by atoms with E-state index in [2.05, 4.69) is 31.2 Å². The Morgan fingerprint density at radius 1 is 1.19 bits per heavy atom. The van der Waals surface area contributed by atoms with Crippen molar-refractivity contribution in [2.45, 2.75) is 6.18 Å². The third-order valence-corrected chi connectivity index (χ3v) is 2.14. The van der Waals surface area contributed by atoms with Crippen molar-refractivity contribution in [1.29, 1.82) is 0 Å². The molecular formula is C8H4BrF3N4. The molecule has 2 aromatic rings. The Balaban J connectivity index is 2.33. The van der Waals surface area contributed by atoms with E-state index in [0.717, 1.165) is 6.07 Å². The number of halogens is 4. The highest BCUT2D eigenvalue weighted by atomic mass is 79.9. The molecule has 0 fully saturated rings. The lowest BCUT2D eigenvalue weighted by Crippen LogP contribution is -2.10. The maximum Gasteiger partial charge on any atom is 0.435 e. The first-order chi connectivity index (χ1) is 7.47. The summed E-state index contributed by atoms with van der Waals surface area (Å²) in [6, 6.07) is 2.06. The summed E-state index contributed by atoms with van der Waals surface area (Å²) in [6.07, 6.45) is -1.41. The summed E-state index contributed by atoms with van der Waals surface area (Å²) < 4.78 is 38.6. The van der Waals surface area contributed by atoms with Gasteiger partial charge in [-0.1, -0.05) is 0 Å². The Morgan fingerprint density at radius 2 is 1.94 bits per heavy atom. The topological polar surface area (TPSA) is 43.6 Å². The van der Waals surface area contributed by atoms with Gasteiger partial charge in [0.2, 0.25) is 0 Å². The van der Waals surface area contributed by atoms with Crippen molar-refractivity contribution in [3.63, 3.8) is 0 Å². The lowest BCUT2D eigenvalue weighted by atomic mass is 10.4. The molecular weight excluding hydrogens is 289 g/mol. The van der Waals surface area contributed by atoms with Crippen LogP contribution in [-0.4, -0.2) is 20.0 Å². The molecule has 0 aliphatic carbocycles. The van der Waals surface area contributed by atoms with E-state index in [1.165, 1.54) is 16.9 Å². The molecule has 84 valence electrons. The largest absolute Gasteiger partial charge is 0.435 e. The van der Waals surface area contributed by atoms with Gasteiger partial charge in [0.25, 0.3) is 0 Å². The summed E-state index contributed by atoms with van der Waals surface area (Å²) in [5.74, 6) is 0.221. The highest BCUT2D eigenvalue weighted by molar-refractivity contribution is 9.10. The van der Waals surface area contributed by atoms with Crippen LogP contribution in [0.2, 0.25) is 0 Å². The number of nitrogens with zero attached hydrogens (tertiary/aromatic N) is 4. The van der Waals surface area contributed by atoms with Gasteiger partial charge in [0.05, 0.1) is 10.7 Å².